The summed E-state index contributed by atoms with van der Waals surface area (Å²) in [5.41, 5.74) is 1.62. The lowest BCUT2D eigenvalue weighted by atomic mass is 10.2. The van der Waals surface area contributed by atoms with Crippen LogP contribution >= 0.6 is 0 Å². The van der Waals surface area contributed by atoms with Crippen LogP contribution < -0.4 is 11.4 Å². The van der Waals surface area contributed by atoms with Crippen LogP contribution in [-0.4, -0.2) is 9.55 Å². The molecule has 0 unspecified atom stereocenters. The minimum absolute atomic E-state index is 0.267. The van der Waals surface area contributed by atoms with Gasteiger partial charge in [0.15, 0.2) is 0 Å². The molecule has 3 rings (SSSR count). The standard InChI is InChI=1S/C15H12N2O3/c1-10-5-6-13-12(8-10)14(18)20-15(19)17(13)9-11-4-2-3-7-16-11/h2-8H,9H2,1H3. The van der Waals surface area contributed by atoms with Crippen molar-refractivity contribution in [3.63, 3.8) is 0 Å². The summed E-state index contributed by atoms with van der Waals surface area (Å²) in [6, 6.07) is 10.8. The van der Waals surface area contributed by atoms with Gasteiger partial charge >= 0.3 is 11.4 Å². The summed E-state index contributed by atoms with van der Waals surface area (Å²) in [5, 5.41) is 0.403. The van der Waals surface area contributed by atoms with E-state index in [0.717, 1.165) is 11.3 Å². The molecule has 0 fully saturated rings. The third-order valence-electron chi connectivity index (χ3n) is 3.11. The van der Waals surface area contributed by atoms with E-state index in [1.54, 1.807) is 24.4 Å². The van der Waals surface area contributed by atoms with E-state index in [9.17, 15) is 9.59 Å². The molecule has 0 aliphatic heterocycles. The molecule has 1 aromatic carbocycles. The van der Waals surface area contributed by atoms with Crippen molar-refractivity contribution in [1.82, 2.24) is 9.55 Å². The predicted molar refractivity (Wildman–Crippen MR) is 74.8 cm³/mol. The van der Waals surface area contributed by atoms with Gasteiger partial charge in [0.1, 0.15) is 0 Å². The number of benzene rings is 1. The van der Waals surface area contributed by atoms with Crippen LogP contribution in [-0.2, 0) is 6.54 Å². The summed E-state index contributed by atoms with van der Waals surface area (Å²) in [6.45, 7) is 2.15. The van der Waals surface area contributed by atoms with Gasteiger partial charge in [0.2, 0.25) is 0 Å². The van der Waals surface area contributed by atoms with Crippen molar-refractivity contribution in [3.05, 3.63) is 74.8 Å². The number of pyridine rings is 1. The van der Waals surface area contributed by atoms with Crippen LogP contribution in [0, 0.1) is 6.92 Å². The minimum Gasteiger partial charge on any atom is -0.372 e. The highest BCUT2D eigenvalue weighted by atomic mass is 16.4. The number of aryl methyl sites for hydroxylation is 1. The lowest BCUT2D eigenvalue weighted by Crippen LogP contribution is -2.25. The second-order valence-corrected chi connectivity index (χ2v) is 4.58. The molecule has 0 N–H and O–H groups in total. The molecule has 5 heteroatoms. The third kappa shape index (κ3) is 2.14. The Balaban J connectivity index is 2.25. The zero-order valence-corrected chi connectivity index (χ0v) is 10.9. The number of hydrogen-bond donors (Lipinski definition) is 0. The molecular weight excluding hydrogens is 256 g/mol. The van der Waals surface area contributed by atoms with Crippen LogP contribution in [0.15, 0.2) is 56.6 Å². The number of rotatable bonds is 2. The van der Waals surface area contributed by atoms with Crippen molar-refractivity contribution >= 4 is 10.9 Å². The average molecular weight is 268 g/mol. The maximum absolute atomic E-state index is 11.9. The van der Waals surface area contributed by atoms with Gasteiger partial charge in [-0.15, -0.1) is 0 Å². The van der Waals surface area contributed by atoms with Crippen molar-refractivity contribution in [2.45, 2.75) is 13.5 Å². The number of nitrogens with zero attached hydrogens (tertiary/aromatic N) is 2. The second-order valence-electron chi connectivity index (χ2n) is 4.58. The zero-order valence-electron chi connectivity index (χ0n) is 10.9. The Labute approximate surface area is 114 Å². The summed E-state index contributed by atoms with van der Waals surface area (Å²) >= 11 is 0. The molecule has 0 bridgehead atoms. The highest BCUT2D eigenvalue weighted by Gasteiger charge is 2.10. The summed E-state index contributed by atoms with van der Waals surface area (Å²) < 4.78 is 6.19. The predicted octanol–water partition coefficient (Wildman–Crippen LogP) is 1.71. The first-order chi connectivity index (χ1) is 9.65. The molecule has 0 atom stereocenters. The fourth-order valence-corrected chi connectivity index (χ4v) is 2.14. The van der Waals surface area contributed by atoms with Crippen molar-refractivity contribution in [2.75, 3.05) is 0 Å². The SMILES string of the molecule is Cc1ccc2c(c1)c(=O)oc(=O)n2Cc1ccccn1. The van der Waals surface area contributed by atoms with E-state index < -0.39 is 11.4 Å². The van der Waals surface area contributed by atoms with Crippen LogP contribution in [0.2, 0.25) is 0 Å². The van der Waals surface area contributed by atoms with E-state index in [2.05, 4.69) is 4.98 Å². The van der Waals surface area contributed by atoms with E-state index in [1.165, 1.54) is 4.57 Å². The quantitative estimate of drug-likeness (QED) is 0.709. The van der Waals surface area contributed by atoms with Gasteiger partial charge in [-0.2, -0.15) is 0 Å². The molecule has 20 heavy (non-hydrogen) atoms. The first-order valence-corrected chi connectivity index (χ1v) is 6.19. The fraction of sp³-hybridized carbons (Fsp3) is 0.133. The van der Waals surface area contributed by atoms with Gasteiger partial charge in [-0.3, -0.25) is 9.55 Å². The van der Waals surface area contributed by atoms with E-state index in [-0.39, 0.29) is 6.54 Å². The molecule has 0 saturated heterocycles. The molecule has 5 nitrogen and oxygen atoms in total. The maximum Gasteiger partial charge on any atom is 0.422 e. The van der Waals surface area contributed by atoms with Crippen molar-refractivity contribution in [2.24, 2.45) is 0 Å². The molecule has 2 heterocycles. The van der Waals surface area contributed by atoms with Crippen LogP contribution in [0.5, 0.6) is 0 Å². The van der Waals surface area contributed by atoms with Gasteiger partial charge in [0.25, 0.3) is 0 Å². The molecular formula is C15H12N2O3. The topological polar surface area (TPSA) is 65.1 Å². The second kappa shape index (κ2) is 4.77. The molecule has 0 saturated carbocycles. The van der Waals surface area contributed by atoms with E-state index >= 15 is 0 Å². The van der Waals surface area contributed by atoms with Gasteiger partial charge in [-0.05, 0) is 31.2 Å². The maximum atomic E-state index is 11.9. The third-order valence-corrected chi connectivity index (χ3v) is 3.11. The largest absolute Gasteiger partial charge is 0.422 e. The molecule has 0 spiro atoms. The molecule has 0 amide bonds. The summed E-state index contributed by atoms with van der Waals surface area (Å²) in [7, 11) is 0. The number of hydrogen-bond acceptors (Lipinski definition) is 4. The first-order valence-electron chi connectivity index (χ1n) is 6.19. The average Bonchev–Trinajstić information content (AvgIpc) is 2.45. The number of fused-ring (bicyclic) bond motifs is 1. The Bertz CT molecular complexity index is 879. The lowest BCUT2D eigenvalue weighted by Gasteiger charge is -2.08. The zero-order chi connectivity index (χ0) is 14.1. The summed E-state index contributed by atoms with van der Waals surface area (Å²) in [6.07, 6.45) is 1.66. The fourth-order valence-electron chi connectivity index (χ4n) is 2.14. The van der Waals surface area contributed by atoms with Gasteiger partial charge < -0.3 is 4.42 Å². The molecule has 0 radical (unpaired) electrons. The van der Waals surface area contributed by atoms with Gasteiger partial charge in [-0.1, -0.05) is 17.7 Å². The minimum atomic E-state index is -0.669. The lowest BCUT2D eigenvalue weighted by molar-refractivity contribution is 0.423. The Morgan fingerprint density at radius 2 is 2.05 bits per heavy atom. The van der Waals surface area contributed by atoms with Crippen LogP contribution in [0.3, 0.4) is 0 Å². The van der Waals surface area contributed by atoms with Crippen LogP contribution in [0.1, 0.15) is 11.3 Å². The molecule has 100 valence electrons. The van der Waals surface area contributed by atoms with Crippen molar-refractivity contribution in [1.29, 1.82) is 0 Å². The molecule has 3 aromatic rings. The highest BCUT2D eigenvalue weighted by molar-refractivity contribution is 5.78. The van der Waals surface area contributed by atoms with E-state index in [1.807, 2.05) is 25.1 Å². The van der Waals surface area contributed by atoms with E-state index in [4.69, 9.17) is 4.42 Å². The summed E-state index contributed by atoms with van der Waals surface area (Å²) in [5.74, 6) is -0.669. The Hall–Kier alpha value is -2.69. The molecule has 0 aliphatic rings. The van der Waals surface area contributed by atoms with Gasteiger partial charge in [0, 0.05) is 6.20 Å². The Kier molecular flexibility index (Phi) is 2.95. The molecule has 0 aliphatic carbocycles. The Morgan fingerprint density at radius 1 is 1.20 bits per heavy atom. The summed E-state index contributed by atoms with van der Waals surface area (Å²) in [4.78, 5) is 27.9. The highest BCUT2D eigenvalue weighted by Crippen LogP contribution is 2.11. The van der Waals surface area contributed by atoms with Crippen LogP contribution in [0.25, 0.3) is 10.9 Å². The van der Waals surface area contributed by atoms with Crippen molar-refractivity contribution in [3.8, 4) is 0 Å². The van der Waals surface area contributed by atoms with Gasteiger partial charge in [-0.25, -0.2) is 9.59 Å². The first kappa shape index (κ1) is 12.3. The molecule has 2 aromatic heterocycles. The van der Waals surface area contributed by atoms with Crippen molar-refractivity contribution < 1.29 is 4.42 Å². The number of aromatic nitrogens is 2. The smallest absolute Gasteiger partial charge is 0.372 e. The van der Waals surface area contributed by atoms with Crippen LogP contribution in [0.4, 0.5) is 0 Å². The monoisotopic (exact) mass is 268 g/mol. The van der Waals surface area contributed by atoms with E-state index in [0.29, 0.717) is 10.9 Å². The normalized spacial score (nSPS) is 10.8. The van der Waals surface area contributed by atoms with Gasteiger partial charge in [0.05, 0.1) is 23.1 Å². The Morgan fingerprint density at radius 3 is 2.80 bits per heavy atom.